The summed E-state index contributed by atoms with van der Waals surface area (Å²) in [5.41, 5.74) is 1.60. The molecule has 4 rings (SSSR count). The number of hydrogen-bond acceptors (Lipinski definition) is 7. The number of carbonyl (C=O) groups excluding carboxylic acids is 1. The van der Waals surface area contributed by atoms with E-state index in [1.54, 1.807) is 35.6 Å². The Kier molecular flexibility index (Phi) is 4.71. The zero-order chi connectivity index (χ0) is 19.8. The summed E-state index contributed by atoms with van der Waals surface area (Å²) >= 11 is 1.75. The smallest absolute Gasteiger partial charge is 0.279 e. The summed E-state index contributed by atoms with van der Waals surface area (Å²) in [6.07, 6.45) is 1.53. The van der Waals surface area contributed by atoms with Gasteiger partial charge in [0.15, 0.2) is 11.5 Å². The lowest BCUT2D eigenvalue weighted by molar-refractivity contribution is -0.117. The predicted molar refractivity (Wildman–Crippen MR) is 106 cm³/mol. The van der Waals surface area contributed by atoms with E-state index >= 15 is 0 Å². The molecular weight excluding hydrogens is 382 g/mol. The van der Waals surface area contributed by atoms with Crippen LogP contribution in [0.3, 0.4) is 0 Å². The van der Waals surface area contributed by atoms with Crippen LogP contribution in [0.4, 0.5) is 5.82 Å². The number of aryl methyl sites for hydroxylation is 1. The molecule has 3 aromatic rings. The minimum Gasteiger partial charge on any atom is -0.493 e. The number of nitrogens with zero attached hydrogens (tertiary/aromatic N) is 4. The van der Waals surface area contributed by atoms with Crippen molar-refractivity contribution in [3.05, 3.63) is 39.9 Å². The Balaban J connectivity index is 1.66. The number of anilines is 1. The van der Waals surface area contributed by atoms with Crippen LogP contribution in [0.5, 0.6) is 11.5 Å². The molecule has 0 radical (unpaired) electrons. The highest BCUT2D eigenvalue weighted by Crippen LogP contribution is 2.34. The second-order valence-corrected chi connectivity index (χ2v) is 7.30. The van der Waals surface area contributed by atoms with Crippen LogP contribution in [0.1, 0.15) is 11.3 Å². The van der Waals surface area contributed by atoms with Gasteiger partial charge in [0.25, 0.3) is 5.56 Å². The van der Waals surface area contributed by atoms with E-state index in [2.05, 4.69) is 15.5 Å². The van der Waals surface area contributed by atoms with Gasteiger partial charge in [0.05, 0.1) is 31.5 Å². The Bertz CT molecular complexity index is 1140. The maximum atomic E-state index is 12.9. The first-order valence-electron chi connectivity index (χ1n) is 8.56. The first kappa shape index (κ1) is 18.4. The molecular formula is C18H19N5O4S. The largest absolute Gasteiger partial charge is 0.493 e. The van der Waals surface area contributed by atoms with E-state index < -0.39 is 5.56 Å². The van der Waals surface area contributed by atoms with Crippen molar-refractivity contribution in [2.45, 2.75) is 18.1 Å². The average Bonchev–Trinajstić information content (AvgIpc) is 3.25. The number of hydrogen-bond donors (Lipinski definition) is 1. The molecule has 28 heavy (non-hydrogen) atoms. The normalized spacial score (nSPS) is 12.8. The number of fused-ring (bicyclic) bond motifs is 2. The van der Waals surface area contributed by atoms with Crippen LogP contribution in [-0.2, 0) is 29.9 Å². The van der Waals surface area contributed by atoms with Crippen molar-refractivity contribution in [2.75, 3.05) is 19.5 Å². The van der Waals surface area contributed by atoms with Crippen LogP contribution < -0.4 is 20.3 Å². The van der Waals surface area contributed by atoms with Crippen molar-refractivity contribution in [1.82, 2.24) is 19.6 Å². The molecule has 146 valence electrons. The third kappa shape index (κ3) is 2.99. The van der Waals surface area contributed by atoms with Crippen molar-refractivity contribution in [1.29, 1.82) is 0 Å². The second kappa shape index (κ2) is 7.19. The number of carbonyl (C=O) groups is 1. The Labute approximate surface area is 164 Å². The molecule has 0 bridgehead atoms. The van der Waals surface area contributed by atoms with E-state index in [0.717, 1.165) is 27.4 Å². The number of nitrogens with one attached hydrogen (secondary N) is 1. The molecule has 1 aromatic carbocycles. The molecule has 0 atom stereocenters. The van der Waals surface area contributed by atoms with Crippen molar-refractivity contribution in [2.24, 2.45) is 7.05 Å². The monoisotopic (exact) mass is 401 g/mol. The Hall–Kier alpha value is -3.01. The number of benzene rings is 1. The standard InChI is InChI=1S/C18H19N5O4S/c1-22-17(11-8-28-9-12(11)21-22)20-14(24)7-23-18(25)15-10(6-19-23)4-5-13(26-2)16(15)27-3/h4-6H,7-9H2,1-3H3,(H,20,24). The van der Waals surface area contributed by atoms with Gasteiger partial charge in [-0.3, -0.25) is 14.3 Å². The van der Waals surface area contributed by atoms with Gasteiger partial charge in [-0.2, -0.15) is 22.0 Å². The summed E-state index contributed by atoms with van der Waals surface area (Å²) < 4.78 is 13.4. The predicted octanol–water partition coefficient (Wildman–Crippen LogP) is 1.53. The zero-order valence-corrected chi connectivity index (χ0v) is 16.5. The Morgan fingerprint density at radius 3 is 2.86 bits per heavy atom. The van der Waals surface area contributed by atoms with Gasteiger partial charge in [-0.05, 0) is 12.1 Å². The minimum absolute atomic E-state index is 0.220. The number of rotatable bonds is 5. The maximum Gasteiger partial charge on any atom is 0.279 e. The van der Waals surface area contributed by atoms with Crippen LogP contribution in [0.25, 0.3) is 10.8 Å². The molecule has 0 unspecified atom stereocenters. The Morgan fingerprint density at radius 2 is 2.11 bits per heavy atom. The fraction of sp³-hybridized carbons (Fsp3) is 0.333. The number of thioether (sulfide) groups is 1. The molecule has 0 aliphatic carbocycles. The highest BCUT2D eigenvalue weighted by Gasteiger charge is 2.23. The molecule has 1 N–H and O–H groups in total. The van der Waals surface area contributed by atoms with Crippen LogP contribution in [0.15, 0.2) is 23.1 Å². The maximum absolute atomic E-state index is 12.9. The van der Waals surface area contributed by atoms with Crippen LogP contribution in [0, 0.1) is 0 Å². The van der Waals surface area contributed by atoms with Gasteiger partial charge in [-0.1, -0.05) is 0 Å². The lowest BCUT2D eigenvalue weighted by atomic mass is 10.1. The van der Waals surface area contributed by atoms with Crippen LogP contribution >= 0.6 is 11.8 Å². The first-order chi connectivity index (χ1) is 13.5. The van der Waals surface area contributed by atoms with E-state index in [1.165, 1.54) is 20.4 Å². The summed E-state index contributed by atoms with van der Waals surface area (Å²) in [5.74, 6) is 2.73. The van der Waals surface area contributed by atoms with Gasteiger partial charge in [-0.25, -0.2) is 4.68 Å². The fourth-order valence-corrected chi connectivity index (χ4v) is 4.34. The fourth-order valence-electron chi connectivity index (χ4n) is 3.30. The number of ether oxygens (including phenoxy) is 2. The van der Waals surface area contributed by atoms with Gasteiger partial charge in [0.2, 0.25) is 5.91 Å². The number of methoxy groups -OCH3 is 2. The molecule has 3 heterocycles. The zero-order valence-electron chi connectivity index (χ0n) is 15.7. The molecule has 0 saturated carbocycles. The van der Waals surface area contributed by atoms with Crippen molar-refractivity contribution < 1.29 is 14.3 Å². The van der Waals surface area contributed by atoms with Crippen molar-refractivity contribution in [3.63, 3.8) is 0 Å². The quantitative estimate of drug-likeness (QED) is 0.692. The van der Waals surface area contributed by atoms with E-state index in [4.69, 9.17) is 9.47 Å². The lowest BCUT2D eigenvalue weighted by Crippen LogP contribution is -2.30. The number of aromatic nitrogens is 4. The highest BCUT2D eigenvalue weighted by atomic mass is 32.2. The summed E-state index contributed by atoms with van der Waals surface area (Å²) in [5, 5.41) is 12.3. The second-order valence-electron chi connectivity index (χ2n) is 6.31. The number of amides is 1. The third-order valence-electron chi connectivity index (χ3n) is 4.63. The summed E-state index contributed by atoms with van der Waals surface area (Å²) in [4.78, 5) is 25.5. The minimum atomic E-state index is -0.422. The molecule has 2 aromatic heterocycles. The summed E-state index contributed by atoms with van der Waals surface area (Å²) in [7, 11) is 4.76. The third-order valence-corrected chi connectivity index (χ3v) is 5.60. The molecule has 0 fully saturated rings. The first-order valence-corrected chi connectivity index (χ1v) is 9.72. The topological polar surface area (TPSA) is 100 Å². The van der Waals surface area contributed by atoms with E-state index in [9.17, 15) is 9.59 Å². The molecule has 10 heteroatoms. The van der Waals surface area contributed by atoms with Gasteiger partial charge >= 0.3 is 0 Å². The molecule has 1 amide bonds. The molecule has 0 spiro atoms. The van der Waals surface area contributed by atoms with Gasteiger partial charge < -0.3 is 14.8 Å². The van der Waals surface area contributed by atoms with Gasteiger partial charge in [0, 0.05) is 29.5 Å². The SMILES string of the molecule is COc1ccc2cnn(CC(=O)Nc3c4c(nn3C)CSC4)c(=O)c2c1OC. The average molecular weight is 401 g/mol. The Morgan fingerprint density at radius 1 is 1.29 bits per heavy atom. The molecule has 1 aliphatic heterocycles. The van der Waals surface area contributed by atoms with Gasteiger partial charge in [0.1, 0.15) is 12.4 Å². The van der Waals surface area contributed by atoms with Crippen molar-refractivity contribution >= 4 is 34.3 Å². The molecule has 1 aliphatic rings. The van der Waals surface area contributed by atoms with Crippen molar-refractivity contribution in [3.8, 4) is 11.5 Å². The van der Waals surface area contributed by atoms with Crippen LogP contribution in [0.2, 0.25) is 0 Å². The van der Waals surface area contributed by atoms with E-state index in [0.29, 0.717) is 28.1 Å². The van der Waals surface area contributed by atoms with E-state index in [1.807, 2.05) is 0 Å². The molecule has 0 saturated heterocycles. The lowest BCUT2D eigenvalue weighted by Gasteiger charge is -2.12. The molecule has 9 nitrogen and oxygen atoms in total. The van der Waals surface area contributed by atoms with Crippen LogP contribution in [-0.4, -0.2) is 39.7 Å². The summed E-state index contributed by atoms with van der Waals surface area (Å²) in [6.45, 7) is -0.220. The van der Waals surface area contributed by atoms with Gasteiger partial charge in [-0.15, -0.1) is 0 Å². The van der Waals surface area contributed by atoms with E-state index in [-0.39, 0.29) is 12.5 Å². The highest BCUT2D eigenvalue weighted by molar-refractivity contribution is 7.98. The summed E-state index contributed by atoms with van der Waals surface area (Å²) in [6, 6.07) is 3.44.